The molecule has 0 spiro atoms. The maximum Gasteiger partial charge on any atom is 0.254 e. The van der Waals surface area contributed by atoms with Crippen LogP contribution in [0, 0.1) is 0 Å². The van der Waals surface area contributed by atoms with Gasteiger partial charge in [-0.3, -0.25) is 24.0 Å². The van der Waals surface area contributed by atoms with Gasteiger partial charge < -0.3 is 72.3 Å². The van der Waals surface area contributed by atoms with E-state index in [4.69, 9.17) is 47.4 Å². The zero-order valence-corrected chi connectivity index (χ0v) is 42.3. The van der Waals surface area contributed by atoms with Gasteiger partial charge in [-0.1, -0.05) is 0 Å². The summed E-state index contributed by atoms with van der Waals surface area (Å²) in [5.41, 5.74) is 2.26. The number of carbonyl (C=O) groups excluding carboxylic acids is 5. The van der Waals surface area contributed by atoms with Gasteiger partial charge in [0.15, 0.2) is 0 Å². The summed E-state index contributed by atoms with van der Waals surface area (Å²) >= 11 is 0. The predicted octanol–water partition coefficient (Wildman–Crippen LogP) is 3.14. The fraction of sp³-hybridized carbons (Fsp3) is 0.540. The van der Waals surface area contributed by atoms with E-state index in [1.807, 2.05) is 0 Å². The molecule has 0 fully saturated rings. The highest BCUT2D eigenvalue weighted by Crippen LogP contribution is 2.25. The molecule has 20 nitrogen and oxygen atoms in total. The number of nitrogens with zero attached hydrogens (tertiary/aromatic N) is 4. The summed E-state index contributed by atoms with van der Waals surface area (Å²) in [5.74, 6) is -1.36. The average Bonchev–Trinajstić information content (AvgIpc) is 3.38. The number of hydrogen-bond donors (Lipinski definition) is 1. The van der Waals surface area contributed by atoms with Crippen molar-refractivity contribution >= 4 is 29.5 Å². The summed E-state index contributed by atoms with van der Waals surface area (Å²) in [5, 5.41) is 2.66. The van der Waals surface area contributed by atoms with Crippen molar-refractivity contribution in [2.24, 2.45) is 0 Å². The molecule has 0 unspecified atom stereocenters. The second kappa shape index (κ2) is 33.0. The molecule has 0 heterocycles. The van der Waals surface area contributed by atoms with Gasteiger partial charge >= 0.3 is 0 Å². The molecule has 0 saturated carbocycles. The lowest BCUT2D eigenvalue weighted by molar-refractivity contribution is 0.0613. The van der Waals surface area contributed by atoms with Crippen molar-refractivity contribution in [2.45, 2.75) is 13.2 Å². The summed E-state index contributed by atoms with van der Waals surface area (Å²) in [7, 11) is 13.9. The number of ether oxygens (including phenoxy) is 10. The number of hydrogen-bond acceptors (Lipinski definition) is 15. The minimum Gasteiger partial charge on any atom is -0.489 e. The SMILES string of the molecule is CNC(=O)c1cc(COc2cc(C(=O)N(CCOC)CCOC)cc(C(=O)N(CCOC)CCOC)c2)cc(COc2cc(C(=O)N(CCOC)CCOC)cc(C(=O)N(CCOC)CCOC)c2)c1. The molecule has 5 amide bonds. The highest BCUT2D eigenvalue weighted by atomic mass is 16.5. The van der Waals surface area contributed by atoms with Crippen molar-refractivity contribution in [3.05, 3.63) is 93.5 Å². The summed E-state index contributed by atoms with van der Waals surface area (Å²) in [6.45, 7) is 4.27. The Kier molecular flexibility index (Phi) is 27.6. The normalized spacial score (nSPS) is 11.0. The van der Waals surface area contributed by atoms with E-state index in [9.17, 15) is 24.0 Å². The lowest BCUT2D eigenvalue weighted by atomic mass is 10.0. The quantitative estimate of drug-likeness (QED) is 0.0900. The number of nitrogens with one attached hydrogen (secondary N) is 1. The van der Waals surface area contributed by atoms with Crippen molar-refractivity contribution in [1.29, 1.82) is 0 Å². The summed E-state index contributed by atoms with van der Waals surface area (Å²) < 4.78 is 54.9. The summed E-state index contributed by atoms with van der Waals surface area (Å²) in [6, 6.07) is 14.5. The van der Waals surface area contributed by atoms with Gasteiger partial charge in [0, 0.05) is 144 Å². The monoisotopic (exact) mass is 984 g/mol. The van der Waals surface area contributed by atoms with Crippen LogP contribution in [0.15, 0.2) is 54.6 Å². The van der Waals surface area contributed by atoms with Crippen LogP contribution >= 0.6 is 0 Å². The lowest BCUT2D eigenvalue weighted by Gasteiger charge is -2.25. The highest BCUT2D eigenvalue weighted by molar-refractivity contribution is 6.01. The van der Waals surface area contributed by atoms with Crippen molar-refractivity contribution in [3.63, 3.8) is 0 Å². The molecule has 70 heavy (non-hydrogen) atoms. The zero-order chi connectivity index (χ0) is 51.3. The van der Waals surface area contributed by atoms with Crippen molar-refractivity contribution in [3.8, 4) is 11.5 Å². The Labute approximate surface area is 412 Å². The fourth-order valence-electron chi connectivity index (χ4n) is 7.00. The van der Waals surface area contributed by atoms with E-state index in [1.54, 1.807) is 119 Å². The molecule has 3 rings (SSSR count). The van der Waals surface area contributed by atoms with E-state index in [2.05, 4.69) is 5.32 Å². The largest absolute Gasteiger partial charge is 0.489 e. The van der Waals surface area contributed by atoms with Gasteiger partial charge in [-0.2, -0.15) is 0 Å². The van der Waals surface area contributed by atoms with E-state index in [1.165, 1.54) is 19.2 Å². The molecule has 0 aromatic heterocycles. The molecule has 0 saturated heterocycles. The number of amides is 5. The van der Waals surface area contributed by atoms with Crippen LogP contribution < -0.4 is 14.8 Å². The van der Waals surface area contributed by atoms with Crippen molar-refractivity contribution in [2.75, 3.05) is 169 Å². The first-order valence-corrected chi connectivity index (χ1v) is 22.9. The van der Waals surface area contributed by atoms with Crippen LogP contribution in [0.3, 0.4) is 0 Å². The minimum atomic E-state index is -0.372. The van der Waals surface area contributed by atoms with Gasteiger partial charge in [-0.05, 0) is 65.7 Å². The van der Waals surface area contributed by atoms with Crippen molar-refractivity contribution in [1.82, 2.24) is 24.9 Å². The number of methoxy groups -OCH3 is 8. The van der Waals surface area contributed by atoms with E-state index >= 15 is 0 Å². The Balaban J connectivity index is 2.09. The molecule has 1 N–H and O–H groups in total. The second-order valence-electron chi connectivity index (χ2n) is 15.8. The van der Waals surface area contributed by atoms with Crippen LogP contribution in [0.1, 0.15) is 62.9 Å². The lowest BCUT2D eigenvalue weighted by Crippen LogP contribution is -2.38. The Morgan fingerprint density at radius 1 is 0.357 bits per heavy atom. The third-order valence-electron chi connectivity index (χ3n) is 10.8. The Hall–Kier alpha value is -5.71. The second-order valence-corrected chi connectivity index (χ2v) is 15.8. The molecule has 3 aromatic carbocycles. The smallest absolute Gasteiger partial charge is 0.254 e. The molecular formula is C50H73N5O15. The van der Waals surface area contributed by atoms with Crippen LogP contribution in [-0.2, 0) is 51.1 Å². The fourth-order valence-corrected chi connectivity index (χ4v) is 7.00. The average molecular weight is 984 g/mol. The minimum absolute atomic E-state index is 0.0859. The van der Waals surface area contributed by atoms with Gasteiger partial charge in [0.25, 0.3) is 29.5 Å². The first kappa shape index (κ1) is 58.6. The molecule has 388 valence electrons. The third kappa shape index (κ3) is 19.2. The highest BCUT2D eigenvalue weighted by Gasteiger charge is 2.24. The maximum absolute atomic E-state index is 14.1. The van der Waals surface area contributed by atoms with Crippen LogP contribution in [0.5, 0.6) is 11.5 Å². The first-order valence-electron chi connectivity index (χ1n) is 22.9. The van der Waals surface area contributed by atoms with Gasteiger partial charge in [0.2, 0.25) is 0 Å². The van der Waals surface area contributed by atoms with E-state index < -0.39 is 0 Å². The van der Waals surface area contributed by atoms with Crippen LogP contribution in [0.2, 0.25) is 0 Å². The summed E-state index contributed by atoms with van der Waals surface area (Å²) in [4.78, 5) is 75.8. The molecule has 3 aromatic rings. The molecular weight excluding hydrogens is 911 g/mol. The van der Waals surface area contributed by atoms with E-state index in [0.29, 0.717) is 16.7 Å². The van der Waals surface area contributed by atoms with Crippen molar-refractivity contribution < 1.29 is 71.3 Å². The van der Waals surface area contributed by atoms with E-state index in [-0.39, 0.29) is 182 Å². The Morgan fingerprint density at radius 3 is 0.814 bits per heavy atom. The molecule has 0 bridgehead atoms. The number of rotatable bonds is 35. The predicted molar refractivity (Wildman–Crippen MR) is 260 cm³/mol. The molecule has 0 atom stereocenters. The van der Waals surface area contributed by atoms with Crippen LogP contribution in [-0.4, -0.2) is 218 Å². The van der Waals surface area contributed by atoms with Gasteiger partial charge in [-0.15, -0.1) is 0 Å². The first-order chi connectivity index (χ1) is 33.9. The van der Waals surface area contributed by atoms with Crippen LogP contribution in [0.25, 0.3) is 0 Å². The Morgan fingerprint density at radius 2 is 0.600 bits per heavy atom. The van der Waals surface area contributed by atoms with Gasteiger partial charge in [0.1, 0.15) is 24.7 Å². The molecule has 0 radical (unpaired) electrons. The molecule has 0 aliphatic heterocycles. The standard InChI is InChI=1S/C50H73N5O15/c1-51-46(56)39-27-37(35-69-44-31-40(47(57)52(10-18-61-2)11-19-62-3)29-41(32-44)48(58)53(12-20-63-4)13-21-64-5)26-38(28-39)36-70-45-33-42(49(59)54(14-22-65-6)15-23-66-7)30-43(34-45)50(60)55(16-24-67-8)17-25-68-9/h26-34H,10-25,35-36H2,1-9H3,(H,51,56). The van der Waals surface area contributed by atoms with Gasteiger partial charge in [-0.25, -0.2) is 0 Å². The maximum atomic E-state index is 14.1. The molecule has 20 heteroatoms. The number of benzene rings is 3. The molecule has 0 aliphatic rings. The Bertz CT molecular complexity index is 1820. The third-order valence-corrected chi connectivity index (χ3v) is 10.8. The summed E-state index contributed by atoms with van der Waals surface area (Å²) in [6.07, 6.45) is 0. The molecule has 0 aliphatic carbocycles. The topological polar surface area (TPSA) is 203 Å². The van der Waals surface area contributed by atoms with Gasteiger partial charge in [0.05, 0.1) is 52.9 Å². The number of carbonyl (C=O) groups is 5. The zero-order valence-electron chi connectivity index (χ0n) is 42.3. The van der Waals surface area contributed by atoms with Crippen LogP contribution in [0.4, 0.5) is 0 Å². The van der Waals surface area contributed by atoms with E-state index in [0.717, 1.165) is 0 Å².